The summed E-state index contributed by atoms with van der Waals surface area (Å²) in [5.41, 5.74) is 0.485. The van der Waals surface area contributed by atoms with Crippen molar-refractivity contribution in [1.29, 1.82) is 0 Å². The lowest BCUT2D eigenvalue weighted by Gasteiger charge is -2.31. The molecule has 2 atom stereocenters. The highest BCUT2D eigenvalue weighted by atomic mass is 16.5. The minimum atomic E-state index is -0.121. The summed E-state index contributed by atoms with van der Waals surface area (Å²) in [6.45, 7) is 3.13. The second-order valence-corrected chi connectivity index (χ2v) is 8.36. The van der Waals surface area contributed by atoms with E-state index in [2.05, 4.69) is 25.7 Å². The first-order valence-electron chi connectivity index (χ1n) is 10.6. The van der Waals surface area contributed by atoms with Crippen LogP contribution in [0.1, 0.15) is 55.4 Å². The molecule has 4 rings (SSSR count). The Hall–Kier alpha value is -1.93. The molecule has 3 fully saturated rings. The van der Waals surface area contributed by atoms with Crippen LogP contribution in [-0.4, -0.2) is 71.3 Å². The molecule has 0 aromatic carbocycles. The molecule has 3 aliphatic rings. The number of ether oxygens (including phenoxy) is 1. The quantitative estimate of drug-likeness (QED) is 0.618. The fraction of sp³-hybridized carbons (Fsp3) is 0.750. The van der Waals surface area contributed by atoms with Crippen molar-refractivity contribution in [3.63, 3.8) is 0 Å². The molecule has 154 valence electrons. The second kappa shape index (κ2) is 9.05. The van der Waals surface area contributed by atoms with Gasteiger partial charge in [0.2, 0.25) is 5.91 Å². The summed E-state index contributed by atoms with van der Waals surface area (Å²) in [5.74, 6) is 0.786. The van der Waals surface area contributed by atoms with Crippen LogP contribution in [0, 0.1) is 5.92 Å². The van der Waals surface area contributed by atoms with E-state index >= 15 is 0 Å². The van der Waals surface area contributed by atoms with Crippen molar-refractivity contribution in [2.24, 2.45) is 5.92 Å². The number of hydrogen-bond donors (Lipinski definition) is 3. The van der Waals surface area contributed by atoms with Crippen LogP contribution < -0.4 is 10.6 Å². The summed E-state index contributed by atoms with van der Waals surface area (Å²) >= 11 is 0. The van der Waals surface area contributed by atoms with Crippen molar-refractivity contribution >= 4 is 11.8 Å². The van der Waals surface area contributed by atoms with Crippen molar-refractivity contribution in [3.05, 3.63) is 18.0 Å². The van der Waals surface area contributed by atoms with Crippen LogP contribution in [0.5, 0.6) is 0 Å². The molecule has 1 saturated carbocycles. The first kappa shape index (κ1) is 19.4. The maximum absolute atomic E-state index is 12.6. The van der Waals surface area contributed by atoms with Gasteiger partial charge < -0.3 is 15.4 Å². The Kier molecular flexibility index (Phi) is 6.26. The van der Waals surface area contributed by atoms with Crippen LogP contribution in [0.3, 0.4) is 0 Å². The van der Waals surface area contributed by atoms with Crippen LogP contribution in [0.2, 0.25) is 0 Å². The van der Waals surface area contributed by atoms with E-state index in [0.29, 0.717) is 24.7 Å². The Morgan fingerprint density at radius 1 is 1.14 bits per heavy atom. The lowest BCUT2D eigenvalue weighted by Crippen LogP contribution is -2.46. The lowest BCUT2D eigenvalue weighted by molar-refractivity contribution is -0.123. The fourth-order valence-electron chi connectivity index (χ4n) is 4.38. The zero-order valence-electron chi connectivity index (χ0n) is 16.4. The molecule has 2 amide bonds. The maximum atomic E-state index is 12.6. The summed E-state index contributed by atoms with van der Waals surface area (Å²) < 4.78 is 5.37. The number of hydrogen-bond acceptors (Lipinski definition) is 5. The zero-order chi connectivity index (χ0) is 19.3. The normalized spacial score (nSPS) is 26.3. The zero-order valence-corrected chi connectivity index (χ0v) is 16.4. The Balaban J connectivity index is 1.29. The molecular formula is C20H31N5O3. The average Bonchev–Trinajstić information content (AvgIpc) is 3.20. The first-order chi connectivity index (χ1) is 13.7. The Bertz CT molecular complexity index is 655. The standard InChI is InChI=1S/C20H31N5O3/c26-19(23-15-6-9-28-10-7-15)11-16-3-4-17(25(16)13-14-1-2-14)12-21-20(27)18-5-8-22-24-18/h5,8,14-17H,1-4,6-7,9-13H2,(H,21,27)(H,22,24)(H,23,26)/t16-,17+/m1/s1. The van der Waals surface area contributed by atoms with Gasteiger partial charge in [0, 0.05) is 57.0 Å². The summed E-state index contributed by atoms with van der Waals surface area (Å²) in [7, 11) is 0. The van der Waals surface area contributed by atoms with E-state index in [1.54, 1.807) is 12.3 Å². The predicted molar refractivity (Wildman–Crippen MR) is 104 cm³/mol. The van der Waals surface area contributed by atoms with Gasteiger partial charge in [-0.25, -0.2) is 0 Å². The van der Waals surface area contributed by atoms with Gasteiger partial charge in [0.05, 0.1) is 0 Å². The van der Waals surface area contributed by atoms with E-state index < -0.39 is 0 Å². The summed E-state index contributed by atoms with van der Waals surface area (Å²) in [4.78, 5) is 27.3. The van der Waals surface area contributed by atoms with Gasteiger partial charge in [-0.15, -0.1) is 0 Å². The molecule has 3 heterocycles. The van der Waals surface area contributed by atoms with Crippen LogP contribution in [0.25, 0.3) is 0 Å². The molecule has 1 aromatic rings. The molecule has 0 bridgehead atoms. The molecule has 1 aliphatic carbocycles. The van der Waals surface area contributed by atoms with Crippen molar-refractivity contribution in [2.45, 2.75) is 63.1 Å². The molecule has 0 unspecified atom stereocenters. The van der Waals surface area contributed by atoms with Gasteiger partial charge in [0.25, 0.3) is 5.91 Å². The number of amides is 2. The number of aromatic amines is 1. The fourth-order valence-corrected chi connectivity index (χ4v) is 4.38. The molecule has 2 aliphatic heterocycles. The summed E-state index contributed by atoms with van der Waals surface area (Å²) in [6, 6.07) is 2.50. The Morgan fingerprint density at radius 3 is 2.64 bits per heavy atom. The topological polar surface area (TPSA) is 99.3 Å². The highest BCUT2D eigenvalue weighted by Crippen LogP contribution is 2.35. The van der Waals surface area contributed by atoms with E-state index in [9.17, 15) is 9.59 Å². The van der Waals surface area contributed by atoms with Crippen LogP contribution in [0.4, 0.5) is 0 Å². The van der Waals surface area contributed by atoms with Crippen molar-refractivity contribution in [1.82, 2.24) is 25.7 Å². The van der Waals surface area contributed by atoms with Gasteiger partial charge in [-0.2, -0.15) is 5.10 Å². The number of rotatable bonds is 8. The van der Waals surface area contributed by atoms with E-state index in [0.717, 1.165) is 51.4 Å². The predicted octanol–water partition coefficient (Wildman–Crippen LogP) is 1.07. The maximum Gasteiger partial charge on any atom is 0.269 e. The molecule has 0 radical (unpaired) electrons. The van der Waals surface area contributed by atoms with Crippen molar-refractivity contribution in [2.75, 3.05) is 26.3 Å². The van der Waals surface area contributed by atoms with Crippen molar-refractivity contribution in [3.8, 4) is 0 Å². The van der Waals surface area contributed by atoms with Gasteiger partial charge in [-0.1, -0.05) is 0 Å². The molecule has 28 heavy (non-hydrogen) atoms. The van der Waals surface area contributed by atoms with Gasteiger partial charge in [0.15, 0.2) is 0 Å². The largest absolute Gasteiger partial charge is 0.381 e. The number of H-pyrrole nitrogens is 1. The molecule has 3 N–H and O–H groups in total. The highest BCUT2D eigenvalue weighted by Gasteiger charge is 2.38. The van der Waals surface area contributed by atoms with Gasteiger partial charge >= 0.3 is 0 Å². The number of carbonyl (C=O) groups excluding carboxylic acids is 2. The number of nitrogens with zero attached hydrogens (tertiary/aromatic N) is 2. The molecular weight excluding hydrogens is 358 g/mol. The third-order valence-electron chi connectivity index (χ3n) is 6.19. The lowest BCUT2D eigenvalue weighted by atomic mass is 10.1. The SMILES string of the molecule is O=C(C[C@H]1CC[C@@H](CNC(=O)c2ccn[nH]2)N1CC1CC1)NC1CCOCC1. The van der Waals surface area contributed by atoms with E-state index in [1.165, 1.54) is 12.8 Å². The van der Waals surface area contributed by atoms with Gasteiger partial charge in [-0.05, 0) is 50.5 Å². The molecule has 8 nitrogen and oxygen atoms in total. The van der Waals surface area contributed by atoms with E-state index in [1.807, 2.05) is 0 Å². The average molecular weight is 390 g/mol. The number of likely N-dealkylation sites (tertiary alicyclic amines) is 1. The summed E-state index contributed by atoms with van der Waals surface area (Å²) in [6.07, 6.45) is 8.54. The molecule has 1 aromatic heterocycles. The van der Waals surface area contributed by atoms with Crippen LogP contribution >= 0.6 is 0 Å². The monoisotopic (exact) mass is 389 g/mol. The summed E-state index contributed by atoms with van der Waals surface area (Å²) in [5, 5.41) is 12.7. The number of nitrogens with one attached hydrogen (secondary N) is 3. The highest BCUT2D eigenvalue weighted by molar-refractivity contribution is 5.92. The van der Waals surface area contributed by atoms with Crippen LogP contribution in [-0.2, 0) is 9.53 Å². The molecule has 0 spiro atoms. The third kappa shape index (κ3) is 5.11. The van der Waals surface area contributed by atoms with Crippen molar-refractivity contribution < 1.29 is 14.3 Å². The Morgan fingerprint density at radius 2 is 1.93 bits per heavy atom. The second-order valence-electron chi connectivity index (χ2n) is 8.36. The minimum Gasteiger partial charge on any atom is -0.381 e. The molecule has 2 saturated heterocycles. The third-order valence-corrected chi connectivity index (χ3v) is 6.19. The number of carbonyl (C=O) groups is 2. The van der Waals surface area contributed by atoms with Crippen LogP contribution in [0.15, 0.2) is 12.3 Å². The smallest absolute Gasteiger partial charge is 0.269 e. The molecule has 8 heteroatoms. The minimum absolute atomic E-state index is 0.121. The van der Waals surface area contributed by atoms with E-state index in [4.69, 9.17) is 4.74 Å². The number of aromatic nitrogens is 2. The Labute approximate surface area is 165 Å². The van der Waals surface area contributed by atoms with Gasteiger partial charge in [-0.3, -0.25) is 19.6 Å². The van der Waals surface area contributed by atoms with Gasteiger partial charge in [0.1, 0.15) is 5.69 Å². The van der Waals surface area contributed by atoms with E-state index in [-0.39, 0.29) is 23.9 Å². The first-order valence-corrected chi connectivity index (χ1v) is 10.6.